The Bertz CT molecular complexity index is 468. The van der Waals surface area contributed by atoms with Crippen molar-refractivity contribution in [2.75, 3.05) is 22.6 Å². The Morgan fingerprint density at radius 1 is 1.53 bits per heavy atom. The van der Waals surface area contributed by atoms with E-state index in [9.17, 15) is 4.79 Å². The number of nitrogens with one attached hydrogen (secondary N) is 2. The van der Waals surface area contributed by atoms with E-state index in [-0.39, 0.29) is 5.91 Å². The second-order valence-electron chi connectivity index (χ2n) is 4.99. The summed E-state index contributed by atoms with van der Waals surface area (Å²) in [5.74, 6) is 3.20. The van der Waals surface area contributed by atoms with Gasteiger partial charge in [0.05, 0.1) is 15.6 Å². The molecule has 0 radical (unpaired) electrons. The third kappa shape index (κ3) is 3.29. The number of rotatable bonds is 3. The topological polar surface area (TPSA) is 41.1 Å². The summed E-state index contributed by atoms with van der Waals surface area (Å²) >= 11 is 5.52. The average molecular weight is 315 g/mol. The summed E-state index contributed by atoms with van der Waals surface area (Å²) in [7, 11) is 0. The number of hydrogen-bond acceptors (Lipinski definition) is 5. The van der Waals surface area contributed by atoms with Crippen molar-refractivity contribution in [1.29, 1.82) is 0 Å². The number of amides is 1. The molecule has 1 fully saturated rings. The zero-order chi connectivity index (χ0) is 13.2. The van der Waals surface area contributed by atoms with Gasteiger partial charge in [0.25, 0.3) is 0 Å². The lowest BCUT2D eigenvalue weighted by Gasteiger charge is -2.25. The minimum absolute atomic E-state index is 0.117. The Morgan fingerprint density at radius 2 is 2.42 bits per heavy atom. The monoisotopic (exact) mass is 314 g/mol. The Hall–Kier alpha value is -0.170. The molecule has 2 aliphatic heterocycles. The molecule has 19 heavy (non-hydrogen) atoms. The first kappa shape index (κ1) is 13.8. The number of hydrogen-bond donors (Lipinski definition) is 2. The van der Waals surface area contributed by atoms with Crippen molar-refractivity contribution in [3.05, 3.63) is 10.9 Å². The van der Waals surface area contributed by atoms with Crippen LogP contribution in [-0.4, -0.2) is 29.2 Å². The summed E-state index contributed by atoms with van der Waals surface area (Å²) in [6.07, 6.45) is 2.61. The molecule has 1 saturated heterocycles. The number of carbonyl (C=O) groups excluding carboxylic acids is 1. The SMILES string of the molecule is C[C@H](N[C@@H]1CCCSC1)c1cc2c(s1)SCC(=O)N2. The lowest BCUT2D eigenvalue weighted by Crippen LogP contribution is -2.35. The zero-order valence-electron chi connectivity index (χ0n) is 10.9. The standard InChI is InChI=1S/C13H18N2OS3/c1-8(14-9-3-2-4-17-6-9)11-5-10-13(19-11)18-7-12(16)15-10/h5,8-9,14H,2-4,6-7H2,1H3,(H,15,16)/t8-,9+/m0/s1. The summed E-state index contributed by atoms with van der Waals surface area (Å²) in [6, 6.07) is 3.14. The maximum atomic E-state index is 11.4. The molecule has 0 unspecified atom stereocenters. The van der Waals surface area contributed by atoms with Crippen LogP contribution in [0.2, 0.25) is 0 Å². The summed E-state index contributed by atoms with van der Waals surface area (Å²) in [5, 5.41) is 6.68. The van der Waals surface area contributed by atoms with Crippen LogP contribution in [0.4, 0.5) is 5.69 Å². The van der Waals surface area contributed by atoms with Crippen molar-refractivity contribution < 1.29 is 4.79 Å². The van der Waals surface area contributed by atoms with E-state index in [0.717, 1.165) is 5.69 Å². The van der Waals surface area contributed by atoms with Gasteiger partial charge in [-0.3, -0.25) is 4.79 Å². The largest absolute Gasteiger partial charge is 0.324 e. The molecule has 1 amide bonds. The molecule has 1 aromatic heterocycles. The van der Waals surface area contributed by atoms with Gasteiger partial charge in [0.2, 0.25) is 5.91 Å². The van der Waals surface area contributed by atoms with Crippen LogP contribution in [0.1, 0.15) is 30.7 Å². The first-order valence-electron chi connectivity index (χ1n) is 6.62. The van der Waals surface area contributed by atoms with E-state index < -0.39 is 0 Å². The van der Waals surface area contributed by atoms with E-state index in [4.69, 9.17) is 0 Å². The van der Waals surface area contributed by atoms with E-state index in [1.807, 2.05) is 23.1 Å². The van der Waals surface area contributed by atoms with Gasteiger partial charge in [-0.2, -0.15) is 11.8 Å². The first-order chi connectivity index (χ1) is 9.22. The number of anilines is 1. The molecule has 0 bridgehead atoms. The molecule has 3 heterocycles. The molecule has 3 nitrogen and oxygen atoms in total. The molecule has 1 aromatic rings. The first-order valence-corrected chi connectivity index (χ1v) is 9.58. The van der Waals surface area contributed by atoms with Crippen LogP contribution >= 0.6 is 34.9 Å². The molecular weight excluding hydrogens is 296 g/mol. The van der Waals surface area contributed by atoms with Gasteiger partial charge in [-0.25, -0.2) is 0 Å². The maximum absolute atomic E-state index is 11.4. The third-order valence-corrected chi connectivity index (χ3v) is 7.22. The fourth-order valence-corrected chi connectivity index (χ4v) is 5.67. The van der Waals surface area contributed by atoms with Gasteiger partial charge in [-0.1, -0.05) is 0 Å². The van der Waals surface area contributed by atoms with Gasteiger partial charge in [0.15, 0.2) is 0 Å². The highest BCUT2D eigenvalue weighted by atomic mass is 32.2. The minimum atomic E-state index is 0.117. The smallest absolute Gasteiger partial charge is 0.234 e. The molecule has 104 valence electrons. The van der Waals surface area contributed by atoms with Gasteiger partial charge in [0, 0.05) is 22.7 Å². The second kappa shape index (κ2) is 6.08. The maximum Gasteiger partial charge on any atom is 0.234 e. The summed E-state index contributed by atoms with van der Waals surface area (Å²) in [4.78, 5) is 12.7. The molecule has 2 N–H and O–H groups in total. The Kier molecular flexibility index (Phi) is 4.41. The zero-order valence-corrected chi connectivity index (χ0v) is 13.4. The molecule has 2 atom stereocenters. The Morgan fingerprint density at radius 3 is 3.21 bits per heavy atom. The van der Waals surface area contributed by atoms with Crippen LogP contribution in [0, 0.1) is 0 Å². The van der Waals surface area contributed by atoms with E-state index in [2.05, 4.69) is 23.6 Å². The minimum Gasteiger partial charge on any atom is -0.324 e. The van der Waals surface area contributed by atoms with E-state index in [0.29, 0.717) is 17.8 Å². The van der Waals surface area contributed by atoms with Gasteiger partial charge in [-0.05, 0) is 31.6 Å². The van der Waals surface area contributed by atoms with Gasteiger partial charge < -0.3 is 10.6 Å². The average Bonchev–Trinajstić information content (AvgIpc) is 2.83. The summed E-state index contributed by atoms with van der Waals surface area (Å²) in [6.45, 7) is 2.23. The highest BCUT2D eigenvalue weighted by molar-refractivity contribution is 8.02. The van der Waals surface area contributed by atoms with Gasteiger partial charge in [-0.15, -0.1) is 23.1 Å². The number of thioether (sulfide) groups is 2. The van der Waals surface area contributed by atoms with Crippen molar-refractivity contribution in [3.63, 3.8) is 0 Å². The lowest BCUT2D eigenvalue weighted by atomic mass is 10.1. The highest BCUT2D eigenvalue weighted by Gasteiger charge is 2.22. The molecule has 0 saturated carbocycles. The predicted octanol–water partition coefficient (Wildman–Crippen LogP) is 3.34. The van der Waals surface area contributed by atoms with Gasteiger partial charge in [0.1, 0.15) is 0 Å². The van der Waals surface area contributed by atoms with Gasteiger partial charge >= 0.3 is 0 Å². The molecule has 3 rings (SSSR count). The molecule has 2 aliphatic rings. The summed E-state index contributed by atoms with van der Waals surface area (Å²) < 4.78 is 1.25. The van der Waals surface area contributed by atoms with Crippen molar-refractivity contribution >= 4 is 46.5 Å². The second-order valence-corrected chi connectivity index (χ2v) is 8.47. The quantitative estimate of drug-likeness (QED) is 0.898. The molecule has 6 heteroatoms. The summed E-state index contributed by atoms with van der Waals surface area (Å²) in [5.41, 5.74) is 1.01. The molecule has 0 spiro atoms. The fourth-order valence-electron chi connectivity index (χ4n) is 2.43. The van der Waals surface area contributed by atoms with Crippen molar-refractivity contribution in [3.8, 4) is 0 Å². The normalized spacial score (nSPS) is 24.7. The fraction of sp³-hybridized carbons (Fsp3) is 0.615. The molecular formula is C13H18N2OS3. The molecule has 0 aromatic carbocycles. The third-order valence-electron chi connectivity index (χ3n) is 3.40. The van der Waals surface area contributed by atoms with Crippen LogP contribution < -0.4 is 10.6 Å². The van der Waals surface area contributed by atoms with E-state index in [1.165, 1.54) is 33.4 Å². The van der Waals surface area contributed by atoms with E-state index >= 15 is 0 Å². The highest BCUT2D eigenvalue weighted by Crippen LogP contribution is 2.41. The van der Waals surface area contributed by atoms with Crippen LogP contribution in [0.3, 0.4) is 0 Å². The predicted molar refractivity (Wildman–Crippen MR) is 85.6 cm³/mol. The van der Waals surface area contributed by atoms with Crippen LogP contribution in [0.5, 0.6) is 0 Å². The van der Waals surface area contributed by atoms with Crippen LogP contribution in [0.25, 0.3) is 0 Å². The molecule has 0 aliphatic carbocycles. The van der Waals surface area contributed by atoms with Crippen LogP contribution in [0.15, 0.2) is 10.3 Å². The van der Waals surface area contributed by atoms with Crippen molar-refractivity contribution in [2.45, 2.75) is 36.1 Å². The number of thiophene rings is 1. The van der Waals surface area contributed by atoms with Crippen molar-refractivity contribution in [1.82, 2.24) is 5.32 Å². The van der Waals surface area contributed by atoms with E-state index in [1.54, 1.807) is 11.8 Å². The Balaban J connectivity index is 1.66. The number of carbonyl (C=O) groups is 1. The Labute approximate surface area is 126 Å². The van der Waals surface area contributed by atoms with Crippen LogP contribution in [-0.2, 0) is 4.79 Å². The number of fused-ring (bicyclic) bond motifs is 1. The lowest BCUT2D eigenvalue weighted by molar-refractivity contribution is -0.113. The van der Waals surface area contributed by atoms with Crippen molar-refractivity contribution in [2.24, 2.45) is 0 Å².